The molecule has 1 heterocycles. The first-order chi connectivity index (χ1) is 8.49. The number of carbonyl (C=O) groups is 1. The normalized spacial score (nSPS) is 10.4. The molecule has 1 aromatic carbocycles. The fraction of sp³-hybridized carbons (Fsp3) is 0.167. The van der Waals surface area contributed by atoms with E-state index in [1.54, 1.807) is 13.8 Å². The Morgan fingerprint density at radius 2 is 2.17 bits per heavy atom. The molecule has 1 amide bonds. The Bertz CT molecular complexity index is 588. The van der Waals surface area contributed by atoms with Crippen LogP contribution in [0.2, 0.25) is 0 Å². The minimum Gasteiger partial charge on any atom is -0.507 e. The van der Waals surface area contributed by atoms with Crippen LogP contribution in [0.1, 0.15) is 21.7 Å². The highest BCUT2D eigenvalue weighted by atomic mass is 19.1. The molecular weight excluding hydrogens is 237 g/mol. The van der Waals surface area contributed by atoms with E-state index in [0.717, 1.165) is 12.1 Å². The number of H-pyrrole nitrogens is 1. The van der Waals surface area contributed by atoms with Crippen molar-refractivity contribution in [1.82, 2.24) is 10.2 Å². The molecule has 94 valence electrons. The lowest BCUT2D eigenvalue weighted by molar-refractivity contribution is 0.102. The van der Waals surface area contributed by atoms with E-state index in [2.05, 4.69) is 15.5 Å². The van der Waals surface area contributed by atoms with E-state index in [1.807, 2.05) is 0 Å². The lowest BCUT2D eigenvalue weighted by atomic mass is 10.1. The number of hydrogen-bond donors (Lipinski definition) is 3. The summed E-state index contributed by atoms with van der Waals surface area (Å²) >= 11 is 0. The topological polar surface area (TPSA) is 78.0 Å². The van der Waals surface area contributed by atoms with Gasteiger partial charge in [0, 0.05) is 6.07 Å². The van der Waals surface area contributed by atoms with Crippen LogP contribution in [0.25, 0.3) is 0 Å². The first-order valence-corrected chi connectivity index (χ1v) is 5.30. The highest BCUT2D eigenvalue weighted by Crippen LogP contribution is 2.22. The minimum absolute atomic E-state index is 0.0106. The van der Waals surface area contributed by atoms with Gasteiger partial charge in [-0.1, -0.05) is 0 Å². The summed E-state index contributed by atoms with van der Waals surface area (Å²) in [5.74, 6) is -1.51. The quantitative estimate of drug-likeness (QED) is 0.762. The molecule has 0 aliphatic heterocycles. The molecule has 2 rings (SSSR count). The van der Waals surface area contributed by atoms with Crippen molar-refractivity contribution in [2.24, 2.45) is 0 Å². The number of phenols is 1. The predicted octanol–water partition coefficient (Wildman–Crippen LogP) is 2.12. The number of phenolic OH excluding ortho intramolecular Hbond substituents is 1. The van der Waals surface area contributed by atoms with Crippen LogP contribution in [-0.2, 0) is 0 Å². The highest BCUT2D eigenvalue weighted by Gasteiger charge is 2.15. The maximum atomic E-state index is 12.8. The summed E-state index contributed by atoms with van der Waals surface area (Å²) in [4.78, 5) is 11.9. The number of benzene rings is 1. The van der Waals surface area contributed by atoms with Crippen LogP contribution >= 0.6 is 0 Å². The Hall–Kier alpha value is -2.37. The van der Waals surface area contributed by atoms with Gasteiger partial charge in [-0.15, -0.1) is 0 Å². The van der Waals surface area contributed by atoms with Crippen molar-refractivity contribution in [2.45, 2.75) is 13.8 Å². The zero-order chi connectivity index (χ0) is 13.3. The van der Waals surface area contributed by atoms with Crippen molar-refractivity contribution in [3.05, 3.63) is 41.0 Å². The number of hydrogen-bond acceptors (Lipinski definition) is 3. The van der Waals surface area contributed by atoms with Gasteiger partial charge >= 0.3 is 0 Å². The number of aromatic hydroxyl groups is 1. The molecule has 3 N–H and O–H groups in total. The van der Waals surface area contributed by atoms with Crippen LogP contribution in [0.4, 0.5) is 10.1 Å². The van der Waals surface area contributed by atoms with E-state index >= 15 is 0 Å². The molecule has 0 radical (unpaired) electrons. The van der Waals surface area contributed by atoms with Crippen molar-refractivity contribution < 1.29 is 14.3 Å². The second-order valence-corrected chi connectivity index (χ2v) is 3.92. The number of anilines is 1. The minimum atomic E-state index is -0.597. The van der Waals surface area contributed by atoms with Gasteiger partial charge in [-0.25, -0.2) is 4.39 Å². The third kappa shape index (κ3) is 2.17. The van der Waals surface area contributed by atoms with Crippen molar-refractivity contribution in [1.29, 1.82) is 0 Å². The van der Waals surface area contributed by atoms with Crippen molar-refractivity contribution >= 4 is 11.6 Å². The van der Waals surface area contributed by atoms with Gasteiger partial charge < -0.3 is 10.4 Å². The Morgan fingerprint density at radius 1 is 1.44 bits per heavy atom. The molecule has 5 nitrogen and oxygen atoms in total. The average Bonchev–Trinajstić information content (AvgIpc) is 2.60. The molecule has 18 heavy (non-hydrogen) atoms. The van der Waals surface area contributed by atoms with E-state index < -0.39 is 17.5 Å². The molecular formula is C12H12FN3O2. The van der Waals surface area contributed by atoms with Gasteiger partial charge in [0.25, 0.3) is 5.91 Å². The summed E-state index contributed by atoms with van der Waals surface area (Å²) in [5, 5.41) is 18.8. The molecule has 0 aliphatic rings. The van der Waals surface area contributed by atoms with Crippen LogP contribution in [0.15, 0.2) is 18.2 Å². The van der Waals surface area contributed by atoms with E-state index in [-0.39, 0.29) is 5.56 Å². The van der Waals surface area contributed by atoms with Gasteiger partial charge in [-0.2, -0.15) is 5.10 Å². The SMILES string of the molecule is Cc1n[nH]c(C)c1NC(=O)c1ccc(F)cc1O. The molecule has 0 unspecified atom stereocenters. The zero-order valence-electron chi connectivity index (χ0n) is 9.91. The molecule has 0 aliphatic carbocycles. The second-order valence-electron chi connectivity index (χ2n) is 3.92. The van der Waals surface area contributed by atoms with E-state index in [9.17, 15) is 14.3 Å². The van der Waals surface area contributed by atoms with E-state index in [1.165, 1.54) is 6.07 Å². The number of nitrogens with zero attached hydrogens (tertiary/aromatic N) is 1. The molecule has 6 heteroatoms. The highest BCUT2D eigenvalue weighted by molar-refractivity contribution is 6.06. The fourth-order valence-electron chi connectivity index (χ4n) is 1.61. The Morgan fingerprint density at radius 3 is 2.72 bits per heavy atom. The van der Waals surface area contributed by atoms with E-state index in [0.29, 0.717) is 17.1 Å². The summed E-state index contributed by atoms with van der Waals surface area (Å²) in [6.07, 6.45) is 0. The smallest absolute Gasteiger partial charge is 0.259 e. The van der Waals surface area contributed by atoms with Gasteiger partial charge in [-0.3, -0.25) is 9.89 Å². The van der Waals surface area contributed by atoms with Gasteiger partial charge in [0.1, 0.15) is 11.6 Å². The van der Waals surface area contributed by atoms with Crippen LogP contribution in [0, 0.1) is 19.7 Å². The largest absolute Gasteiger partial charge is 0.507 e. The van der Waals surface area contributed by atoms with E-state index in [4.69, 9.17) is 0 Å². The number of nitrogens with one attached hydrogen (secondary N) is 2. The number of aryl methyl sites for hydroxylation is 2. The number of halogens is 1. The van der Waals surface area contributed by atoms with Gasteiger partial charge in [0.05, 0.1) is 22.6 Å². The summed E-state index contributed by atoms with van der Waals surface area (Å²) in [6, 6.07) is 3.23. The van der Waals surface area contributed by atoms with Crippen LogP contribution < -0.4 is 5.32 Å². The van der Waals surface area contributed by atoms with Crippen LogP contribution in [-0.4, -0.2) is 21.2 Å². The molecule has 0 fully saturated rings. The number of rotatable bonds is 2. The number of aromatic amines is 1. The summed E-state index contributed by atoms with van der Waals surface area (Å²) in [5.41, 5.74) is 1.92. The van der Waals surface area contributed by atoms with Crippen LogP contribution in [0.5, 0.6) is 5.75 Å². The fourth-order valence-corrected chi connectivity index (χ4v) is 1.61. The molecule has 2 aromatic rings. The van der Waals surface area contributed by atoms with Gasteiger partial charge in [0.2, 0.25) is 0 Å². The molecule has 1 aromatic heterocycles. The Labute approximate surface area is 103 Å². The second kappa shape index (κ2) is 4.48. The van der Waals surface area contributed by atoms with Gasteiger partial charge in [0.15, 0.2) is 0 Å². The standard InChI is InChI=1S/C12H12FN3O2/c1-6-11(7(2)16-15-6)14-12(18)9-4-3-8(13)5-10(9)17/h3-5,17H,1-2H3,(H,14,18)(H,15,16). The maximum absolute atomic E-state index is 12.8. The lowest BCUT2D eigenvalue weighted by Gasteiger charge is -2.06. The molecule has 0 saturated heterocycles. The Kier molecular flexibility index (Phi) is 3.01. The molecule has 0 saturated carbocycles. The van der Waals surface area contributed by atoms with Crippen molar-refractivity contribution in [2.75, 3.05) is 5.32 Å². The van der Waals surface area contributed by atoms with Crippen molar-refractivity contribution in [3.8, 4) is 5.75 Å². The number of amides is 1. The Balaban J connectivity index is 2.28. The number of aromatic nitrogens is 2. The lowest BCUT2D eigenvalue weighted by Crippen LogP contribution is -2.13. The first-order valence-electron chi connectivity index (χ1n) is 5.30. The monoisotopic (exact) mass is 249 g/mol. The maximum Gasteiger partial charge on any atom is 0.259 e. The van der Waals surface area contributed by atoms with Crippen molar-refractivity contribution in [3.63, 3.8) is 0 Å². The third-order valence-electron chi connectivity index (χ3n) is 2.57. The average molecular weight is 249 g/mol. The summed E-state index contributed by atoms with van der Waals surface area (Å²) < 4.78 is 12.8. The predicted molar refractivity (Wildman–Crippen MR) is 64.1 cm³/mol. The van der Waals surface area contributed by atoms with Gasteiger partial charge in [-0.05, 0) is 26.0 Å². The third-order valence-corrected chi connectivity index (χ3v) is 2.57. The number of carbonyl (C=O) groups excluding carboxylic acids is 1. The van der Waals surface area contributed by atoms with Crippen LogP contribution in [0.3, 0.4) is 0 Å². The molecule has 0 atom stereocenters. The first kappa shape index (κ1) is 12.1. The zero-order valence-corrected chi connectivity index (χ0v) is 9.91. The molecule has 0 bridgehead atoms. The molecule has 0 spiro atoms. The summed E-state index contributed by atoms with van der Waals surface area (Å²) in [6.45, 7) is 3.50. The summed E-state index contributed by atoms with van der Waals surface area (Å²) in [7, 11) is 0.